The molecule has 0 bridgehead atoms. The summed E-state index contributed by atoms with van der Waals surface area (Å²) >= 11 is 0. The molecule has 8 N–H and O–H groups in total. The minimum absolute atomic E-state index is 0.139. The molecule has 0 aliphatic heterocycles. The number of carbonyl (C=O) groups is 2. The van der Waals surface area contributed by atoms with Crippen molar-refractivity contribution in [2.45, 2.75) is 0 Å². The van der Waals surface area contributed by atoms with Gasteiger partial charge < -0.3 is 41.3 Å². The lowest BCUT2D eigenvalue weighted by Gasteiger charge is -1.94. The molecular weight excluding hydrogens is 300 g/mol. The lowest BCUT2D eigenvalue weighted by molar-refractivity contribution is -0.134. The number of rotatable bonds is 10. The summed E-state index contributed by atoms with van der Waals surface area (Å²) in [6.45, 7) is 2.84. The minimum atomic E-state index is -1.26. The summed E-state index contributed by atoms with van der Waals surface area (Å²) < 4.78 is 0. The molecule has 0 heterocycles. The SMILES string of the molecule is O=C(O)C=CC(=O)O.OCCNCCO.OCCNCCO. The molecule has 0 aliphatic carbocycles. The Morgan fingerprint density at radius 1 is 0.636 bits per heavy atom. The first-order valence-electron chi connectivity index (χ1n) is 6.45. The van der Waals surface area contributed by atoms with Crippen LogP contribution in [0, 0.1) is 0 Å². The molecule has 22 heavy (non-hydrogen) atoms. The van der Waals surface area contributed by atoms with E-state index in [4.69, 9.17) is 30.6 Å². The van der Waals surface area contributed by atoms with E-state index < -0.39 is 11.9 Å². The molecule has 10 nitrogen and oxygen atoms in total. The molecule has 0 rings (SSSR count). The van der Waals surface area contributed by atoms with Crippen molar-refractivity contribution in [3.05, 3.63) is 12.2 Å². The lowest BCUT2D eigenvalue weighted by Crippen LogP contribution is -2.21. The summed E-state index contributed by atoms with van der Waals surface area (Å²) in [6, 6.07) is 0. The molecule has 132 valence electrons. The monoisotopic (exact) mass is 326 g/mol. The van der Waals surface area contributed by atoms with Crippen molar-refractivity contribution in [3.63, 3.8) is 0 Å². The van der Waals surface area contributed by atoms with Gasteiger partial charge in [0.15, 0.2) is 0 Å². The highest BCUT2D eigenvalue weighted by molar-refractivity contribution is 5.89. The Morgan fingerprint density at radius 2 is 0.864 bits per heavy atom. The minimum Gasteiger partial charge on any atom is -0.478 e. The normalized spacial score (nSPS) is 9.45. The maximum atomic E-state index is 9.55. The van der Waals surface area contributed by atoms with Crippen LogP contribution in [0.4, 0.5) is 0 Å². The highest BCUT2D eigenvalue weighted by Crippen LogP contribution is 1.70. The molecule has 0 fully saturated rings. The summed E-state index contributed by atoms with van der Waals surface area (Å²) in [5.74, 6) is -2.51. The molecule has 0 spiro atoms. The van der Waals surface area contributed by atoms with Crippen molar-refractivity contribution in [1.82, 2.24) is 10.6 Å². The van der Waals surface area contributed by atoms with Crippen molar-refractivity contribution in [2.75, 3.05) is 52.6 Å². The number of carboxylic acids is 2. The van der Waals surface area contributed by atoms with E-state index in [0.29, 0.717) is 38.3 Å². The average molecular weight is 326 g/mol. The van der Waals surface area contributed by atoms with E-state index in [9.17, 15) is 9.59 Å². The first-order chi connectivity index (χ1) is 10.5. The molecule has 0 unspecified atom stereocenters. The van der Waals surface area contributed by atoms with Gasteiger partial charge in [-0.2, -0.15) is 0 Å². The van der Waals surface area contributed by atoms with E-state index in [1.54, 1.807) is 0 Å². The number of aliphatic hydroxyl groups is 4. The molecule has 0 aromatic carbocycles. The van der Waals surface area contributed by atoms with Crippen LogP contribution < -0.4 is 10.6 Å². The second kappa shape index (κ2) is 24.5. The van der Waals surface area contributed by atoms with E-state index in [1.165, 1.54) is 0 Å². The van der Waals surface area contributed by atoms with Crippen LogP contribution in [0.15, 0.2) is 12.2 Å². The van der Waals surface area contributed by atoms with Crippen LogP contribution >= 0.6 is 0 Å². The zero-order valence-electron chi connectivity index (χ0n) is 12.3. The van der Waals surface area contributed by atoms with E-state index in [1.807, 2.05) is 0 Å². The van der Waals surface area contributed by atoms with Crippen LogP contribution in [0.2, 0.25) is 0 Å². The zero-order valence-corrected chi connectivity index (χ0v) is 12.3. The van der Waals surface area contributed by atoms with Crippen LogP contribution in [0.5, 0.6) is 0 Å². The predicted octanol–water partition coefficient (Wildman–Crippen LogP) is -3.17. The fourth-order valence-corrected chi connectivity index (χ4v) is 0.709. The predicted molar refractivity (Wildman–Crippen MR) is 78.5 cm³/mol. The van der Waals surface area contributed by atoms with Gasteiger partial charge in [-0.1, -0.05) is 0 Å². The number of hydrogen-bond donors (Lipinski definition) is 8. The molecule has 0 atom stereocenters. The molecule has 10 heteroatoms. The van der Waals surface area contributed by atoms with Gasteiger partial charge in [-0.15, -0.1) is 0 Å². The quantitative estimate of drug-likeness (QED) is 0.151. The summed E-state index contributed by atoms with van der Waals surface area (Å²) in [7, 11) is 0. The molecular formula is C12H26N2O8. The topological polar surface area (TPSA) is 180 Å². The highest BCUT2D eigenvalue weighted by atomic mass is 16.4. The van der Waals surface area contributed by atoms with Crippen LogP contribution in [-0.2, 0) is 9.59 Å². The van der Waals surface area contributed by atoms with Gasteiger partial charge in [0.05, 0.1) is 26.4 Å². The third-order valence-corrected chi connectivity index (χ3v) is 1.52. The Balaban J connectivity index is -0.000000247. The number of nitrogens with one attached hydrogen (secondary N) is 2. The molecule has 0 saturated heterocycles. The van der Waals surface area contributed by atoms with Gasteiger partial charge in [0, 0.05) is 38.3 Å². The summed E-state index contributed by atoms with van der Waals surface area (Å²) in [4.78, 5) is 19.1. The number of hydrogen-bond acceptors (Lipinski definition) is 8. The molecule has 0 amide bonds. The second-order valence-corrected chi connectivity index (χ2v) is 3.40. The van der Waals surface area contributed by atoms with Gasteiger partial charge in [-0.3, -0.25) is 0 Å². The summed E-state index contributed by atoms with van der Waals surface area (Å²) in [5, 5.41) is 53.8. The third-order valence-electron chi connectivity index (χ3n) is 1.52. The fraction of sp³-hybridized carbons (Fsp3) is 0.667. The summed E-state index contributed by atoms with van der Waals surface area (Å²) in [5.41, 5.74) is 0. The van der Waals surface area contributed by atoms with Crippen molar-refractivity contribution >= 4 is 11.9 Å². The van der Waals surface area contributed by atoms with Gasteiger partial charge in [0.25, 0.3) is 0 Å². The van der Waals surface area contributed by atoms with Gasteiger partial charge >= 0.3 is 11.9 Å². The standard InChI is InChI=1S/2C4H11NO2.C4H4O4/c2*6-3-1-5-2-4-7;5-3(6)1-2-4(7)8/h2*5-7H,1-4H2;1-2H,(H,5,6)(H,7,8). The molecule has 0 aliphatic rings. The summed E-state index contributed by atoms with van der Waals surface area (Å²) in [6.07, 6.45) is 1.12. The molecule has 0 saturated carbocycles. The van der Waals surface area contributed by atoms with E-state index in [0.717, 1.165) is 0 Å². The lowest BCUT2D eigenvalue weighted by atomic mass is 10.5. The van der Waals surface area contributed by atoms with E-state index >= 15 is 0 Å². The van der Waals surface area contributed by atoms with Crippen molar-refractivity contribution in [2.24, 2.45) is 0 Å². The Labute approximate surface area is 128 Å². The zero-order chi connectivity index (χ0) is 17.6. The van der Waals surface area contributed by atoms with Crippen LogP contribution in [-0.4, -0.2) is 95.2 Å². The number of aliphatic carboxylic acids is 2. The number of aliphatic hydroxyl groups excluding tert-OH is 4. The van der Waals surface area contributed by atoms with Crippen molar-refractivity contribution in [1.29, 1.82) is 0 Å². The Hall–Kier alpha value is -1.56. The smallest absolute Gasteiger partial charge is 0.328 e. The maximum absolute atomic E-state index is 9.55. The fourth-order valence-electron chi connectivity index (χ4n) is 0.709. The highest BCUT2D eigenvalue weighted by Gasteiger charge is 1.88. The third kappa shape index (κ3) is 42.9. The van der Waals surface area contributed by atoms with Crippen LogP contribution in [0.3, 0.4) is 0 Å². The van der Waals surface area contributed by atoms with Crippen molar-refractivity contribution in [3.8, 4) is 0 Å². The van der Waals surface area contributed by atoms with Gasteiger partial charge in [0.2, 0.25) is 0 Å². The van der Waals surface area contributed by atoms with Crippen LogP contribution in [0.25, 0.3) is 0 Å². The largest absolute Gasteiger partial charge is 0.478 e. The Kier molecular flexibility index (Phi) is 28.2. The van der Waals surface area contributed by atoms with Crippen LogP contribution in [0.1, 0.15) is 0 Å². The number of carboxylic acid groups (broad SMARTS) is 2. The van der Waals surface area contributed by atoms with Gasteiger partial charge in [0.1, 0.15) is 0 Å². The van der Waals surface area contributed by atoms with E-state index in [2.05, 4.69) is 10.6 Å². The van der Waals surface area contributed by atoms with Crippen molar-refractivity contribution < 1.29 is 40.2 Å². The van der Waals surface area contributed by atoms with Gasteiger partial charge in [-0.05, 0) is 0 Å². The molecule has 0 radical (unpaired) electrons. The first kappa shape index (κ1) is 25.4. The molecule has 0 aromatic heterocycles. The van der Waals surface area contributed by atoms with E-state index in [-0.39, 0.29) is 26.4 Å². The second-order valence-electron chi connectivity index (χ2n) is 3.40. The maximum Gasteiger partial charge on any atom is 0.328 e. The van der Waals surface area contributed by atoms with Gasteiger partial charge in [-0.25, -0.2) is 9.59 Å². The first-order valence-corrected chi connectivity index (χ1v) is 6.45. The Bertz CT molecular complexity index is 240. The average Bonchev–Trinajstić information content (AvgIpc) is 2.48. The Morgan fingerprint density at radius 3 is 1.00 bits per heavy atom. The molecule has 0 aromatic rings.